The quantitative estimate of drug-likeness (QED) is 0.349. The Morgan fingerprint density at radius 2 is 2.11 bits per heavy atom. The molecule has 2 saturated heterocycles. The van der Waals surface area contributed by atoms with Crippen molar-refractivity contribution in [3.8, 4) is 0 Å². The number of aromatic amines is 1. The molecule has 3 heterocycles. The summed E-state index contributed by atoms with van der Waals surface area (Å²) in [5, 5.41) is 2.35. The third-order valence-corrected chi connectivity index (χ3v) is 8.14. The van der Waals surface area contributed by atoms with Gasteiger partial charge in [-0.2, -0.15) is 0 Å². The van der Waals surface area contributed by atoms with Crippen LogP contribution in [0.4, 0.5) is 4.79 Å². The number of ether oxygens (including phenoxy) is 2. The maximum atomic E-state index is 13.0. The Morgan fingerprint density at radius 1 is 1.37 bits per heavy atom. The smallest absolute Gasteiger partial charge is 0.450 e. The lowest BCUT2D eigenvalue weighted by Gasteiger charge is -2.31. The molecule has 0 unspecified atom stereocenters. The predicted octanol–water partition coefficient (Wildman–Crippen LogP) is 1.64. The van der Waals surface area contributed by atoms with E-state index in [1.807, 2.05) is 0 Å². The summed E-state index contributed by atoms with van der Waals surface area (Å²) in [5.41, 5.74) is -2.00. The molecule has 196 valence electrons. The van der Waals surface area contributed by atoms with E-state index in [4.69, 9.17) is 23.0 Å². The monoisotopic (exact) mass is 535 g/mol. The van der Waals surface area contributed by atoms with Gasteiger partial charge in [-0.3, -0.25) is 32.7 Å². The Balaban J connectivity index is 1.49. The standard InChI is InChI=1S/C20H30N3O10PS/c1-5-29-19(27)21-11-20(3,4)17(25)35-9-8-30-34(28)31-10-13-15(33-34)12(2)16(32-13)23-7-6-14(24)22-18(23)26/h6-7,12-13,15-16H,5,8-11H2,1-4H3,(H,21,27)(H,22,24,26)/t12-,13+,15-,16+,34+/m0/s1. The van der Waals surface area contributed by atoms with Crippen LogP contribution < -0.4 is 16.6 Å². The van der Waals surface area contributed by atoms with Gasteiger partial charge in [-0.15, -0.1) is 0 Å². The summed E-state index contributed by atoms with van der Waals surface area (Å²) in [4.78, 5) is 49.6. The average molecular weight is 536 g/mol. The molecule has 0 saturated carbocycles. The largest absolute Gasteiger partial charge is 0.475 e. The van der Waals surface area contributed by atoms with E-state index >= 15 is 0 Å². The molecule has 3 rings (SSSR count). The minimum atomic E-state index is -3.92. The Bertz CT molecular complexity index is 1090. The molecule has 0 aromatic carbocycles. The third-order valence-electron chi connectivity index (χ3n) is 5.49. The van der Waals surface area contributed by atoms with Gasteiger partial charge in [0.05, 0.1) is 25.2 Å². The van der Waals surface area contributed by atoms with E-state index in [2.05, 4.69) is 10.3 Å². The predicted molar refractivity (Wildman–Crippen MR) is 125 cm³/mol. The summed E-state index contributed by atoms with van der Waals surface area (Å²) in [6.45, 7) is 7.02. The normalized spacial score (nSPS) is 28.3. The number of aromatic nitrogens is 2. The second kappa shape index (κ2) is 11.4. The highest BCUT2D eigenvalue weighted by atomic mass is 32.2. The molecule has 15 heteroatoms. The van der Waals surface area contributed by atoms with Gasteiger partial charge in [0.1, 0.15) is 18.4 Å². The van der Waals surface area contributed by atoms with Gasteiger partial charge in [0.25, 0.3) is 5.56 Å². The van der Waals surface area contributed by atoms with E-state index < -0.39 is 54.9 Å². The van der Waals surface area contributed by atoms with Crippen LogP contribution in [0.3, 0.4) is 0 Å². The van der Waals surface area contributed by atoms with Crippen LogP contribution >= 0.6 is 19.6 Å². The number of rotatable bonds is 9. The summed E-state index contributed by atoms with van der Waals surface area (Å²) < 4.78 is 41.2. The van der Waals surface area contributed by atoms with E-state index in [1.54, 1.807) is 27.7 Å². The molecule has 1 amide bonds. The number of thioether (sulfide) groups is 1. The van der Waals surface area contributed by atoms with E-state index in [0.717, 1.165) is 11.8 Å². The van der Waals surface area contributed by atoms with E-state index in [9.17, 15) is 23.7 Å². The van der Waals surface area contributed by atoms with Gasteiger partial charge < -0.3 is 14.8 Å². The lowest BCUT2D eigenvalue weighted by molar-refractivity contribution is -0.117. The van der Waals surface area contributed by atoms with Crippen molar-refractivity contribution in [3.05, 3.63) is 33.1 Å². The molecule has 35 heavy (non-hydrogen) atoms. The minimum Gasteiger partial charge on any atom is -0.450 e. The van der Waals surface area contributed by atoms with Crippen LogP contribution in [0.1, 0.15) is 33.9 Å². The molecule has 1 aromatic heterocycles. The first-order valence-corrected chi connectivity index (χ1v) is 13.5. The molecular formula is C20H30N3O10PS. The lowest BCUT2D eigenvalue weighted by atomic mass is 9.96. The summed E-state index contributed by atoms with van der Waals surface area (Å²) in [7, 11) is -3.92. The number of hydrogen-bond donors (Lipinski definition) is 2. The van der Waals surface area contributed by atoms with E-state index in [0.29, 0.717) is 0 Å². The number of alkyl carbamates (subject to hydrolysis) is 1. The van der Waals surface area contributed by atoms with Crippen molar-refractivity contribution in [2.24, 2.45) is 11.3 Å². The fraction of sp³-hybridized carbons (Fsp3) is 0.700. The van der Waals surface area contributed by atoms with Gasteiger partial charge in [0.2, 0.25) is 0 Å². The van der Waals surface area contributed by atoms with Crippen LogP contribution in [0.15, 0.2) is 21.9 Å². The molecule has 13 nitrogen and oxygen atoms in total. The van der Waals surface area contributed by atoms with Crippen molar-refractivity contribution in [1.29, 1.82) is 0 Å². The Hall–Kier alpha value is -1.96. The third kappa shape index (κ3) is 6.83. The molecule has 0 bridgehead atoms. The number of nitrogens with one attached hydrogen (secondary N) is 2. The average Bonchev–Trinajstić information content (AvgIpc) is 3.11. The highest BCUT2D eigenvalue weighted by molar-refractivity contribution is 8.13. The number of nitrogens with zero attached hydrogens (tertiary/aromatic N) is 1. The maximum Gasteiger partial charge on any atom is 0.475 e. The van der Waals surface area contributed by atoms with Gasteiger partial charge in [0, 0.05) is 30.5 Å². The number of H-pyrrole nitrogens is 1. The second-order valence-corrected chi connectivity index (χ2v) is 11.4. The number of fused-ring (bicyclic) bond motifs is 1. The van der Waals surface area contributed by atoms with E-state index in [1.165, 1.54) is 16.8 Å². The summed E-state index contributed by atoms with van der Waals surface area (Å²) in [6.07, 6.45) is -1.26. The van der Waals surface area contributed by atoms with Crippen LogP contribution in [-0.4, -0.2) is 65.1 Å². The first-order valence-electron chi connectivity index (χ1n) is 11.1. The molecule has 0 radical (unpaired) electrons. The highest BCUT2D eigenvalue weighted by Crippen LogP contribution is 2.57. The van der Waals surface area contributed by atoms with Crippen LogP contribution in [0.5, 0.6) is 0 Å². The number of phosphoric ester groups is 1. The van der Waals surface area contributed by atoms with Gasteiger partial charge in [0.15, 0.2) is 5.12 Å². The maximum absolute atomic E-state index is 13.0. The number of hydrogen-bond acceptors (Lipinski definition) is 11. The van der Waals surface area contributed by atoms with E-state index in [-0.39, 0.29) is 37.2 Å². The first-order chi connectivity index (χ1) is 16.5. The number of carbonyl (C=O) groups excluding carboxylic acids is 2. The lowest BCUT2D eigenvalue weighted by Crippen LogP contribution is -2.38. The Labute approximate surface area is 205 Å². The molecule has 0 aliphatic carbocycles. The molecule has 0 spiro atoms. The molecule has 2 aliphatic heterocycles. The molecule has 2 aliphatic rings. The van der Waals surface area contributed by atoms with Gasteiger partial charge in [-0.25, -0.2) is 14.2 Å². The second-order valence-electron chi connectivity index (χ2n) is 8.68. The van der Waals surface area contributed by atoms with Gasteiger partial charge in [-0.1, -0.05) is 32.5 Å². The summed E-state index contributed by atoms with van der Waals surface area (Å²) >= 11 is 0.976. The number of phosphoric acid groups is 1. The fourth-order valence-electron chi connectivity index (χ4n) is 3.56. The molecular weight excluding hydrogens is 505 g/mol. The minimum absolute atomic E-state index is 0.0699. The van der Waals surface area contributed by atoms with Crippen LogP contribution in [0.2, 0.25) is 0 Å². The zero-order chi connectivity index (χ0) is 25.8. The SMILES string of the molecule is CCOC(=O)NCC(C)(C)C(=O)SCCO[P@]1(=O)OC[C@H]2O[C@@H](n3ccc(=O)[nH]c3=O)[C@@H](C)[C@@H]2O1. The Kier molecular flexibility index (Phi) is 9.00. The van der Waals surface area contributed by atoms with Crippen LogP contribution in [-0.2, 0) is 32.4 Å². The van der Waals surface area contributed by atoms with Crippen molar-refractivity contribution in [1.82, 2.24) is 14.9 Å². The van der Waals surface area contributed by atoms with Crippen LogP contribution in [0, 0.1) is 11.3 Å². The molecule has 5 atom stereocenters. The zero-order valence-corrected chi connectivity index (χ0v) is 21.6. The van der Waals surface area contributed by atoms with Gasteiger partial charge >= 0.3 is 19.6 Å². The topological polar surface area (TPSA) is 164 Å². The van der Waals surface area contributed by atoms with Crippen molar-refractivity contribution >= 4 is 30.8 Å². The first kappa shape index (κ1) is 27.6. The highest BCUT2D eigenvalue weighted by Gasteiger charge is 2.52. The number of carbonyl (C=O) groups is 2. The fourth-order valence-corrected chi connectivity index (χ4v) is 5.97. The van der Waals surface area contributed by atoms with Gasteiger partial charge in [-0.05, 0) is 6.92 Å². The number of amides is 1. The summed E-state index contributed by atoms with van der Waals surface area (Å²) in [6, 6.07) is 1.21. The summed E-state index contributed by atoms with van der Waals surface area (Å²) in [5.74, 6) is -0.207. The zero-order valence-electron chi connectivity index (χ0n) is 19.9. The van der Waals surface area contributed by atoms with Crippen molar-refractivity contribution in [3.63, 3.8) is 0 Å². The van der Waals surface area contributed by atoms with Crippen LogP contribution in [0.25, 0.3) is 0 Å². The van der Waals surface area contributed by atoms with Crippen molar-refractivity contribution < 1.29 is 37.2 Å². The van der Waals surface area contributed by atoms with Crippen molar-refractivity contribution in [2.75, 3.05) is 32.1 Å². The molecule has 2 fully saturated rings. The Morgan fingerprint density at radius 3 is 2.80 bits per heavy atom. The molecule has 2 N–H and O–H groups in total. The van der Waals surface area contributed by atoms with Crippen molar-refractivity contribution in [2.45, 2.75) is 46.1 Å². The molecule has 1 aromatic rings.